The summed E-state index contributed by atoms with van der Waals surface area (Å²) in [7, 11) is 0. The Labute approximate surface area is 113 Å². The highest BCUT2D eigenvalue weighted by molar-refractivity contribution is 5.81. The number of hydrogen-bond donors (Lipinski definition) is 1. The van der Waals surface area contributed by atoms with Gasteiger partial charge in [-0.25, -0.2) is 0 Å². The third-order valence-corrected chi connectivity index (χ3v) is 4.20. The molecule has 0 spiro atoms. The third kappa shape index (κ3) is 6.53. The van der Waals surface area contributed by atoms with Gasteiger partial charge in [-0.1, -0.05) is 51.9 Å². The molecule has 0 saturated heterocycles. The number of unbranched alkanes of at least 4 members (excludes halogenated alkanes) is 6. The summed E-state index contributed by atoms with van der Waals surface area (Å²) < 4.78 is 0. The molecule has 0 bridgehead atoms. The average molecular weight is 253 g/mol. The molecule has 0 amide bonds. The van der Waals surface area contributed by atoms with E-state index >= 15 is 0 Å². The van der Waals surface area contributed by atoms with Gasteiger partial charge in [0.05, 0.1) is 0 Å². The maximum atomic E-state index is 12.0. The largest absolute Gasteiger partial charge is 0.328 e. The van der Waals surface area contributed by atoms with Gasteiger partial charge in [0.15, 0.2) is 0 Å². The number of Topliss-reactive ketones (excluding diaryl/α,β-unsaturated/α-hetero) is 1. The van der Waals surface area contributed by atoms with E-state index in [1.807, 2.05) is 0 Å². The SMILES string of the molecule is CCCCCCCCCC(=O)C1CCCC(N)C1. The Morgan fingerprint density at radius 2 is 1.72 bits per heavy atom. The van der Waals surface area contributed by atoms with E-state index in [1.54, 1.807) is 0 Å². The molecular formula is C16H31NO. The lowest BCUT2D eigenvalue weighted by molar-refractivity contribution is -0.124. The van der Waals surface area contributed by atoms with Gasteiger partial charge in [-0.3, -0.25) is 4.79 Å². The van der Waals surface area contributed by atoms with Crippen LogP contribution in [-0.4, -0.2) is 11.8 Å². The van der Waals surface area contributed by atoms with Crippen LogP contribution < -0.4 is 5.73 Å². The van der Waals surface area contributed by atoms with Crippen LogP contribution in [0, 0.1) is 5.92 Å². The molecule has 1 fully saturated rings. The van der Waals surface area contributed by atoms with Crippen molar-refractivity contribution in [3.05, 3.63) is 0 Å². The first-order valence-electron chi connectivity index (χ1n) is 8.02. The number of nitrogens with two attached hydrogens (primary N) is 1. The summed E-state index contributed by atoms with van der Waals surface area (Å²) in [5.74, 6) is 0.771. The zero-order valence-electron chi connectivity index (χ0n) is 12.1. The lowest BCUT2D eigenvalue weighted by Gasteiger charge is -2.25. The van der Waals surface area contributed by atoms with E-state index in [0.717, 1.165) is 38.5 Å². The lowest BCUT2D eigenvalue weighted by atomic mass is 9.82. The molecule has 2 N–H and O–H groups in total. The molecule has 0 radical (unpaired) electrons. The number of hydrogen-bond acceptors (Lipinski definition) is 2. The van der Waals surface area contributed by atoms with E-state index < -0.39 is 0 Å². The van der Waals surface area contributed by atoms with Crippen LogP contribution in [0.4, 0.5) is 0 Å². The first-order chi connectivity index (χ1) is 8.74. The Hall–Kier alpha value is -0.370. The minimum Gasteiger partial charge on any atom is -0.328 e. The van der Waals surface area contributed by atoms with Crippen molar-refractivity contribution >= 4 is 5.78 Å². The summed E-state index contributed by atoms with van der Waals surface area (Å²) in [6.07, 6.45) is 14.1. The number of carbonyl (C=O) groups excluding carboxylic acids is 1. The molecule has 2 atom stereocenters. The molecule has 1 aliphatic carbocycles. The van der Waals surface area contributed by atoms with E-state index in [0.29, 0.717) is 5.78 Å². The van der Waals surface area contributed by atoms with Crippen LogP contribution in [0.1, 0.15) is 84.0 Å². The molecule has 0 aromatic heterocycles. The fourth-order valence-corrected chi connectivity index (χ4v) is 2.98. The molecule has 2 nitrogen and oxygen atoms in total. The fourth-order valence-electron chi connectivity index (χ4n) is 2.98. The van der Waals surface area contributed by atoms with Crippen LogP contribution in [-0.2, 0) is 4.79 Å². The molecule has 0 aromatic rings. The van der Waals surface area contributed by atoms with Crippen molar-refractivity contribution in [2.45, 2.75) is 90.0 Å². The molecule has 1 saturated carbocycles. The Morgan fingerprint density at radius 1 is 1.06 bits per heavy atom. The highest BCUT2D eigenvalue weighted by Gasteiger charge is 2.24. The van der Waals surface area contributed by atoms with Crippen molar-refractivity contribution in [3.63, 3.8) is 0 Å². The van der Waals surface area contributed by atoms with Crippen molar-refractivity contribution in [3.8, 4) is 0 Å². The molecule has 0 aromatic carbocycles. The second-order valence-corrected chi connectivity index (χ2v) is 5.96. The van der Waals surface area contributed by atoms with Gasteiger partial charge in [-0.15, -0.1) is 0 Å². The minimum absolute atomic E-state index is 0.279. The zero-order chi connectivity index (χ0) is 13.2. The normalized spacial score (nSPS) is 24.1. The maximum Gasteiger partial charge on any atom is 0.136 e. The molecule has 2 unspecified atom stereocenters. The highest BCUT2D eigenvalue weighted by Crippen LogP contribution is 2.25. The predicted octanol–water partition coefficient (Wildman–Crippen LogP) is 4.21. The van der Waals surface area contributed by atoms with E-state index in [4.69, 9.17) is 5.73 Å². The Bertz CT molecular complexity index is 227. The van der Waals surface area contributed by atoms with E-state index in [9.17, 15) is 4.79 Å². The van der Waals surface area contributed by atoms with Gasteiger partial charge in [-0.05, 0) is 25.7 Å². The third-order valence-electron chi connectivity index (χ3n) is 4.20. The first kappa shape index (κ1) is 15.7. The van der Waals surface area contributed by atoms with Crippen LogP contribution in [0.2, 0.25) is 0 Å². The molecule has 1 aliphatic rings. The average Bonchev–Trinajstić information content (AvgIpc) is 2.37. The van der Waals surface area contributed by atoms with Gasteiger partial charge < -0.3 is 5.73 Å². The second-order valence-electron chi connectivity index (χ2n) is 5.96. The van der Waals surface area contributed by atoms with Gasteiger partial charge in [0.1, 0.15) is 5.78 Å². The standard InChI is InChI=1S/C16H31NO/c1-2-3-4-5-6-7-8-12-16(18)14-10-9-11-15(17)13-14/h14-15H,2-13,17H2,1H3. The van der Waals surface area contributed by atoms with Gasteiger partial charge >= 0.3 is 0 Å². The van der Waals surface area contributed by atoms with E-state index in [2.05, 4.69) is 6.92 Å². The van der Waals surface area contributed by atoms with Gasteiger partial charge in [0, 0.05) is 18.4 Å². The lowest BCUT2D eigenvalue weighted by Crippen LogP contribution is -2.31. The van der Waals surface area contributed by atoms with Gasteiger partial charge in [0.25, 0.3) is 0 Å². The van der Waals surface area contributed by atoms with Crippen molar-refractivity contribution in [2.24, 2.45) is 11.7 Å². The van der Waals surface area contributed by atoms with Crippen LogP contribution in [0.15, 0.2) is 0 Å². The predicted molar refractivity (Wildman–Crippen MR) is 77.6 cm³/mol. The topological polar surface area (TPSA) is 43.1 Å². The summed E-state index contributed by atoms with van der Waals surface area (Å²) in [5.41, 5.74) is 5.93. The van der Waals surface area contributed by atoms with Crippen LogP contribution in [0.25, 0.3) is 0 Å². The Kier molecular flexibility index (Phi) is 8.32. The summed E-state index contributed by atoms with van der Waals surface area (Å²) in [6, 6.07) is 0.279. The number of carbonyl (C=O) groups is 1. The molecule has 2 heteroatoms. The molecule has 0 aliphatic heterocycles. The molecule has 1 rings (SSSR count). The van der Waals surface area contributed by atoms with Crippen LogP contribution >= 0.6 is 0 Å². The van der Waals surface area contributed by atoms with Gasteiger partial charge in [-0.2, -0.15) is 0 Å². The van der Waals surface area contributed by atoms with E-state index in [-0.39, 0.29) is 12.0 Å². The molecule has 18 heavy (non-hydrogen) atoms. The second kappa shape index (κ2) is 9.55. The van der Waals surface area contributed by atoms with Crippen molar-refractivity contribution in [1.29, 1.82) is 0 Å². The summed E-state index contributed by atoms with van der Waals surface area (Å²) >= 11 is 0. The van der Waals surface area contributed by atoms with Crippen LogP contribution in [0.5, 0.6) is 0 Å². The van der Waals surface area contributed by atoms with Crippen LogP contribution in [0.3, 0.4) is 0 Å². The first-order valence-corrected chi connectivity index (χ1v) is 8.02. The quantitative estimate of drug-likeness (QED) is 0.625. The van der Waals surface area contributed by atoms with Crippen molar-refractivity contribution in [2.75, 3.05) is 0 Å². The van der Waals surface area contributed by atoms with Crippen molar-refractivity contribution in [1.82, 2.24) is 0 Å². The maximum absolute atomic E-state index is 12.0. The number of rotatable bonds is 9. The molecular weight excluding hydrogens is 222 g/mol. The summed E-state index contributed by atoms with van der Waals surface area (Å²) in [4.78, 5) is 12.0. The van der Waals surface area contributed by atoms with Crippen molar-refractivity contribution < 1.29 is 4.79 Å². The summed E-state index contributed by atoms with van der Waals surface area (Å²) in [6.45, 7) is 2.24. The fraction of sp³-hybridized carbons (Fsp3) is 0.938. The molecule has 0 heterocycles. The van der Waals surface area contributed by atoms with E-state index in [1.165, 1.54) is 38.5 Å². The smallest absolute Gasteiger partial charge is 0.136 e. The highest BCUT2D eigenvalue weighted by atomic mass is 16.1. The summed E-state index contributed by atoms with van der Waals surface area (Å²) in [5, 5.41) is 0. The minimum atomic E-state index is 0.279. The Balaban J connectivity index is 1.99. The molecule has 106 valence electrons. The Morgan fingerprint density at radius 3 is 2.39 bits per heavy atom. The monoisotopic (exact) mass is 253 g/mol. The zero-order valence-corrected chi connectivity index (χ0v) is 12.1. The van der Waals surface area contributed by atoms with Gasteiger partial charge in [0.2, 0.25) is 0 Å². The number of ketones is 1.